The predicted molar refractivity (Wildman–Crippen MR) is 33.4 cm³/mol. The molecular formula is C3H4N2OS2. The van der Waals surface area contributed by atoms with Gasteiger partial charge < -0.3 is 4.42 Å². The van der Waals surface area contributed by atoms with Gasteiger partial charge in [-0.1, -0.05) is 0 Å². The van der Waals surface area contributed by atoms with E-state index < -0.39 is 0 Å². The number of hydrogen-bond donors (Lipinski definition) is 1. The van der Waals surface area contributed by atoms with E-state index >= 15 is 0 Å². The smallest absolute Gasteiger partial charge is 0.277 e. The van der Waals surface area contributed by atoms with Crippen LogP contribution in [0.3, 0.4) is 0 Å². The summed E-state index contributed by atoms with van der Waals surface area (Å²) in [5, 5.41) is 7.70. The Hall–Kier alpha value is -0.290. The molecule has 0 aliphatic rings. The lowest BCUT2D eigenvalue weighted by Crippen LogP contribution is -1.69. The van der Waals surface area contributed by atoms with Crippen molar-refractivity contribution >= 4 is 21.5 Å². The Morgan fingerprint density at radius 1 is 1.62 bits per heavy atom. The van der Waals surface area contributed by atoms with Gasteiger partial charge in [-0.05, 0) is 21.5 Å². The third-order valence-electron chi connectivity index (χ3n) is 0.593. The molecule has 44 valence electrons. The van der Waals surface area contributed by atoms with Gasteiger partial charge in [0, 0.05) is 6.92 Å². The van der Waals surface area contributed by atoms with Gasteiger partial charge in [-0.2, -0.15) is 0 Å². The first-order chi connectivity index (χ1) is 3.83. The summed E-state index contributed by atoms with van der Waals surface area (Å²) in [6.07, 6.45) is 0. The van der Waals surface area contributed by atoms with Crippen molar-refractivity contribution < 1.29 is 4.42 Å². The summed E-state index contributed by atoms with van der Waals surface area (Å²) in [6.45, 7) is 1.73. The highest BCUT2D eigenvalue weighted by molar-refractivity contribution is 8.17. The van der Waals surface area contributed by atoms with E-state index in [1.807, 2.05) is 0 Å². The van der Waals surface area contributed by atoms with E-state index in [1.165, 1.54) is 0 Å². The molecule has 0 unspecified atom stereocenters. The summed E-state index contributed by atoms with van der Waals surface area (Å²) in [5.41, 5.74) is 0. The Morgan fingerprint density at radius 3 is 2.62 bits per heavy atom. The third kappa shape index (κ3) is 1.10. The topological polar surface area (TPSA) is 38.9 Å². The summed E-state index contributed by atoms with van der Waals surface area (Å²) in [7, 11) is 0.613. The lowest BCUT2D eigenvalue weighted by atomic mass is 10.8. The van der Waals surface area contributed by atoms with Crippen LogP contribution < -0.4 is 0 Å². The van der Waals surface area contributed by atoms with Crippen molar-refractivity contribution in [2.24, 2.45) is 0 Å². The summed E-state index contributed by atoms with van der Waals surface area (Å²) in [4.78, 5) is 0. The molecule has 0 fully saturated rings. The number of aryl methyl sites for hydroxylation is 1. The van der Waals surface area contributed by atoms with Crippen molar-refractivity contribution in [1.82, 2.24) is 10.2 Å². The molecule has 0 spiro atoms. The van der Waals surface area contributed by atoms with Crippen LogP contribution in [0, 0.1) is 6.92 Å². The number of rotatable bonds is 1. The number of aromatic nitrogens is 2. The zero-order valence-electron chi connectivity index (χ0n) is 4.16. The van der Waals surface area contributed by atoms with Crippen LogP contribution in [0.5, 0.6) is 0 Å². The molecule has 0 aliphatic carbocycles. The van der Waals surface area contributed by atoms with Crippen LogP contribution in [-0.4, -0.2) is 10.2 Å². The highest BCUT2D eigenvalue weighted by Crippen LogP contribution is 1.94. The minimum atomic E-state index is 0.498. The second-order valence-electron chi connectivity index (χ2n) is 1.19. The largest absolute Gasteiger partial charge is 0.416 e. The number of nitrogens with zero attached hydrogens (tertiary/aromatic N) is 2. The highest BCUT2D eigenvalue weighted by Gasteiger charge is 1.93. The molecular weight excluding hydrogens is 144 g/mol. The predicted octanol–water partition coefficient (Wildman–Crippen LogP) is 0.0137. The quantitative estimate of drug-likeness (QED) is 0.570. The van der Waals surface area contributed by atoms with Crippen LogP contribution in [-0.2, 0) is 21.5 Å². The number of thiol groups is 1. The van der Waals surface area contributed by atoms with Crippen LogP contribution >= 0.6 is 0 Å². The molecule has 0 saturated carbocycles. The third-order valence-corrected chi connectivity index (χ3v) is 1.40. The Balaban J connectivity index is 3.00. The molecule has 5 heteroatoms. The van der Waals surface area contributed by atoms with Gasteiger partial charge in [0.15, 0.2) is 0 Å². The molecule has 1 aromatic heterocycles. The van der Waals surface area contributed by atoms with E-state index in [-0.39, 0.29) is 0 Å². The first-order valence-electron chi connectivity index (χ1n) is 1.96. The minimum absolute atomic E-state index is 0.498. The Morgan fingerprint density at radius 2 is 2.38 bits per heavy atom. The molecule has 1 rings (SSSR count). The van der Waals surface area contributed by atoms with Crippen LogP contribution in [0.2, 0.25) is 0 Å². The molecule has 0 aromatic carbocycles. The lowest BCUT2D eigenvalue weighted by molar-refractivity contribution is 0.430. The van der Waals surface area contributed by atoms with Gasteiger partial charge in [-0.25, -0.2) is 0 Å². The molecule has 0 radical (unpaired) electrons. The molecule has 0 N–H and O–H groups in total. The van der Waals surface area contributed by atoms with Crippen molar-refractivity contribution in [2.75, 3.05) is 0 Å². The van der Waals surface area contributed by atoms with Crippen molar-refractivity contribution in [3.63, 3.8) is 0 Å². The standard InChI is InChI=1S/C3H4N2OS2/c1-2-4-5-3(6-2)8-7/h8H,1H3. The molecule has 0 bridgehead atoms. The van der Waals surface area contributed by atoms with Gasteiger partial charge in [0.25, 0.3) is 5.22 Å². The van der Waals surface area contributed by atoms with Gasteiger partial charge in [0.1, 0.15) is 0 Å². The van der Waals surface area contributed by atoms with Gasteiger partial charge >= 0.3 is 0 Å². The summed E-state index contributed by atoms with van der Waals surface area (Å²) in [6, 6.07) is 0. The minimum Gasteiger partial charge on any atom is -0.416 e. The summed E-state index contributed by atoms with van der Waals surface area (Å²) in [5.74, 6) is 0.567. The van der Waals surface area contributed by atoms with Gasteiger partial charge in [-0.3, -0.25) is 0 Å². The molecule has 8 heavy (non-hydrogen) atoms. The molecule has 3 nitrogen and oxygen atoms in total. The Kier molecular flexibility index (Phi) is 1.69. The van der Waals surface area contributed by atoms with E-state index in [1.54, 1.807) is 6.92 Å². The maximum atomic E-state index is 4.89. The van der Waals surface area contributed by atoms with E-state index in [0.717, 1.165) is 0 Å². The first kappa shape index (κ1) is 5.84. The monoisotopic (exact) mass is 148 g/mol. The van der Waals surface area contributed by atoms with Crippen molar-refractivity contribution in [2.45, 2.75) is 12.1 Å². The average Bonchev–Trinajstić information content (AvgIpc) is 2.14. The highest BCUT2D eigenvalue weighted by atomic mass is 32.8. The SMILES string of the molecule is Cc1nnc([SH]=S)o1. The Bertz CT molecular complexity index is 197. The average molecular weight is 148 g/mol. The van der Waals surface area contributed by atoms with Crippen LogP contribution in [0.1, 0.15) is 5.89 Å². The van der Waals surface area contributed by atoms with E-state index in [4.69, 9.17) is 4.42 Å². The van der Waals surface area contributed by atoms with Crippen LogP contribution in [0.15, 0.2) is 9.64 Å². The van der Waals surface area contributed by atoms with Crippen LogP contribution in [0.25, 0.3) is 0 Å². The molecule has 0 atom stereocenters. The fourth-order valence-electron chi connectivity index (χ4n) is 0.323. The summed E-state index contributed by atoms with van der Waals surface area (Å²) < 4.78 is 4.89. The van der Waals surface area contributed by atoms with Crippen molar-refractivity contribution in [1.29, 1.82) is 0 Å². The normalized spacial score (nSPS) is 9.62. The van der Waals surface area contributed by atoms with Crippen LogP contribution in [0.4, 0.5) is 0 Å². The van der Waals surface area contributed by atoms with E-state index in [2.05, 4.69) is 21.4 Å². The second-order valence-corrected chi connectivity index (χ2v) is 2.31. The zero-order chi connectivity index (χ0) is 5.98. The van der Waals surface area contributed by atoms with Gasteiger partial charge in [-0.15, -0.1) is 10.2 Å². The molecule has 0 amide bonds. The number of hydrogen-bond acceptors (Lipinski definition) is 4. The van der Waals surface area contributed by atoms with E-state index in [9.17, 15) is 0 Å². The fraction of sp³-hybridized carbons (Fsp3) is 0.333. The first-order valence-corrected chi connectivity index (χ1v) is 3.87. The molecule has 0 aliphatic heterocycles. The van der Waals surface area contributed by atoms with Crippen molar-refractivity contribution in [3.8, 4) is 0 Å². The lowest BCUT2D eigenvalue weighted by Gasteiger charge is -1.71. The van der Waals surface area contributed by atoms with Crippen molar-refractivity contribution in [3.05, 3.63) is 5.89 Å². The maximum absolute atomic E-state index is 4.89. The fourth-order valence-corrected chi connectivity index (χ4v) is 0.795. The molecule has 1 aromatic rings. The Labute approximate surface area is 54.7 Å². The second kappa shape index (κ2) is 2.32. The van der Waals surface area contributed by atoms with E-state index in [0.29, 0.717) is 21.4 Å². The molecule has 0 saturated heterocycles. The maximum Gasteiger partial charge on any atom is 0.277 e. The molecule has 1 heterocycles. The summed E-state index contributed by atoms with van der Waals surface area (Å²) >= 11 is 4.61. The zero-order valence-corrected chi connectivity index (χ0v) is 5.87. The van der Waals surface area contributed by atoms with Gasteiger partial charge in [0.05, 0.1) is 0 Å². The van der Waals surface area contributed by atoms with Gasteiger partial charge in [0.2, 0.25) is 5.89 Å².